The normalized spacial score (nSPS) is 11.1. The topological polar surface area (TPSA) is 113 Å². The van der Waals surface area contributed by atoms with Crippen molar-refractivity contribution in [3.05, 3.63) is 59.4 Å². The fourth-order valence-electron chi connectivity index (χ4n) is 1.61. The third-order valence-corrected chi connectivity index (χ3v) is 2.63. The highest BCUT2D eigenvalue weighted by Crippen LogP contribution is 2.05. The molecule has 7 heteroatoms. The van der Waals surface area contributed by atoms with Crippen LogP contribution in [0.3, 0.4) is 0 Å². The van der Waals surface area contributed by atoms with E-state index in [1.165, 1.54) is 12.4 Å². The van der Waals surface area contributed by atoms with Gasteiger partial charge in [-0.25, -0.2) is 0 Å². The molecule has 0 aliphatic rings. The van der Waals surface area contributed by atoms with Crippen LogP contribution in [-0.4, -0.2) is 27.1 Å². The Kier molecular flexibility index (Phi) is 4.23. The molecule has 0 radical (unpaired) electrons. The fourth-order valence-corrected chi connectivity index (χ4v) is 1.61. The zero-order valence-corrected chi connectivity index (χ0v) is 10.5. The molecular weight excluding hydrogens is 258 g/mol. The molecule has 102 valence electrons. The molecule has 0 fully saturated rings. The summed E-state index contributed by atoms with van der Waals surface area (Å²) in [6, 6.07) is 8.63. The molecule has 0 spiro atoms. The van der Waals surface area contributed by atoms with Gasteiger partial charge < -0.3 is 16.3 Å². The van der Waals surface area contributed by atoms with Crippen LogP contribution in [-0.2, 0) is 6.54 Å². The number of oxime groups is 1. The van der Waals surface area contributed by atoms with E-state index in [9.17, 15) is 4.79 Å². The lowest BCUT2D eigenvalue weighted by Crippen LogP contribution is -2.23. The van der Waals surface area contributed by atoms with Crippen LogP contribution in [0.4, 0.5) is 0 Å². The molecule has 1 amide bonds. The van der Waals surface area contributed by atoms with Crippen LogP contribution in [0.25, 0.3) is 0 Å². The Bertz CT molecular complexity index is 628. The summed E-state index contributed by atoms with van der Waals surface area (Å²) in [6.07, 6.45) is 2.84. The molecule has 0 atom stereocenters. The second kappa shape index (κ2) is 6.28. The minimum Gasteiger partial charge on any atom is -0.409 e. The van der Waals surface area contributed by atoms with Gasteiger partial charge in [-0.3, -0.25) is 4.79 Å². The van der Waals surface area contributed by atoms with Gasteiger partial charge in [0.25, 0.3) is 5.91 Å². The molecule has 1 aromatic heterocycles. The Morgan fingerprint density at radius 2 is 2.15 bits per heavy atom. The molecule has 2 aromatic rings. The number of hydrogen-bond donors (Lipinski definition) is 3. The molecule has 7 nitrogen and oxygen atoms in total. The van der Waals surface area contributed by atoms with E-state index < -0.39 is 0 Å². The van der Waals surface area contributed by atoms with Gasteiger partial charge in [0, 0.05) is 12.1 Å². The highest BCUT2D eigenvalue weighted by atomic mass is 16.4. The van der Waals surface area contributed by atoms with Crippen LogP contribution >= 0.6 is 0 Å². The summed E-state index contributed by atoms with van der Waals surface area (Å²) >= 11 is 0. The molecule has 0 aliphatic carbocycles. The maximum atomic E-state index is 11.8. The van der Waals surface area contributed by atoms with Gasteiger partial charge >= 0.3 is 0 Å². The lowest BCUT2D eigenvalue weighted by atomic mass is 10.1. The van der Waals surface area contributed by atoms with E-state index in [0.29, 0.717) is 17.7 Å². The van der Waals surface area contributed by atoms with Gasteiger partial charge in [0.2, 0.25) is 0 Å². The minimum atomic E-state index is -0.242. The summed E-state index contributed by atoms with van der Waals surface area (Å²) in [4.78, 5) is 11.8. The van der Waals surface area contributed by atoms with Crippen molar-refractivity contribution in [2.75, 3.05) is 0 Å². The van der Waals surface area contributed by atoms with E-state index >= 15 is 0 Å². The maximum absolute atomic E-state index is 11.8. The summed E-state index contributed by atoms with van der Waals surface area (Å²) in [7, 11) is 0. The van der Waals surface area contributed by atoms with Gasteiger partial charge in [-0.2, -0.15) is 10.2 Å². The minimum absolute atomic E-state index is 0.0245. The lowest BCUT2D eigenvalue weighted by molar-refractivity contribution is 0.0950. The Morgan fingerprint density at radius 3 is 2.85 bits per heavy atom. The molecule has 0 saturated heterocycles. The number of benzene rings is 1. The predicted octanol–water partition coefficient (Wildman–Crippen LogP) is 0.501. The Balaban J connectivity index is 2.03. The SMILES string of the molecule is N/C(=N/O)c1cccc(CNC(=O)c2ccnnc2)c1. The van der Waals surface area contributed by atoms with Gasteiger partial charge in [0.15, 0.2) is 5.84 Å². The van der Waals surface area contributed by atoms with E-state index in [0.717, 1.165) is 5.56 Å². The van der Waals surface area contributed by atoms with E-state index in [1.54, 1.807) is 24.3 Å². The van der Waals surface area contributed by atoms with Crippen molar-refractivity contribution in [3.8, 4) is 0 Å². The lowest BCUT2D eigenvalue weighted by Gasteiger charge is -2.06. The van der Waals surface area contributed by atoms with Crippen molar-refractivity contribution >= 4 is 11.7 Å². The predicted molar refractivity (Wildman–Crippen MR) is 72.2 cm³/mol. The zero-order chi connectivity index (χ0) is 14.4. The number of rotatable bonds is 4. The number of hydrogen-bond acceptors (Lipinski definition) is 5. The molecule has 4 N–H and O–H groups in total. The van der Waals surface area contributed by atoms with Gasteiger partial charge in [-0.05, 0) is 17.7 Å². The van der Waals surface area contributed by atoms with Gasteiger partial charge in [0.1, 0.15) is 0 Å². The smallest absolute Gasteiger partial charge is 0.253 e. The van der Waals surface area contributed by atoms with E-state index in [-0.39, 0.29) is 11.7 Å². The van der Waals surface area contributed by atoms with Gasteiger partial charge in [-0.15, -0.1) is 0 Å². The highest BCUT2D eigenvalue weighted by Gasteiger charge is 2.06. The summed E-state index contributed by atoms with van der Waals surface area (Å²) < 4.78 is 0. The number of nitrogens with two attached hydrogens (primary N) is 1. The Labute approximate surface area is 115 Å². The van der Waals surface area contributed by atoms with Crippen LogP contribution in [0.1, 0.15) is 21.5 Å². The average Bonchev–Trinajstić information content (AvgIpc) is 2.53. The first-order valence-electron chi connectivity index (χ1n) is 5.82. The second-order valence-corrected chi connectivity index (χ2v) is 4.00. The quantitative estimate of drug-likeness (QED) is 0.324. The van der Waals surface area contributed by atoms with Crippen LogP contribution in [0.5, 0.6) is 0 Å². The summed E-state index contributed by atoms with van der Waals surface area (Å²) in [5.74, 6) is -0.217. The molecule has 20 heavy (non-hydrogen) atoms. The first-order valence-corrected chi connectivity index (χ1v) is 5.82. The summed E-state index contributed by atoms with van der Waals surface area (Å²) in [5.41, 5.74) is 7.37. The molecule has 1 aromatic carbocycles. The van der Waals surface area contributed by atoms with Gasteiger partial charge in [0.05, 0.1) is 18.0 Å². The number of carbonyl (C=O) groups excluding carboxylic acids is 1. The molecule has 0 unspecified atom stereocenters. The van der Waals surface area contributed by atoms with Crippen molar-refractivity contribution in [1.29, 1.82) is 0 Å². The van der Waals surface area contributed by atoms with Crippen LogP contribution < -0.4 is 11.1 Å². The van der Waals surface area contributed by atoms with Crippen LogP contribution in [0.15, 0.2) is 47.9 Å². The number of aromatic nitrogens is 2. The number of carbonyl (C=O) groups is 1. The number of nitrogens with zero attached hydrogens (tertiary/aromatic N) is 3. The highest BCUT2D eigenvalue weighted by molar-refractivity contribution is 5.97. The third-order valence-electron chi connectivity index (χ3n) is 2.63. The average molecular weight is 271 g/mol. The zero-order valence-electron chi connectivity index (χ0n) is 10.5. The fraction of sp³-hybridized carbons (Fsp3) is 0.0769. The van der Waals surface area contributed by atoms with Crippen molar-refractivity contribution in [2.45, 2.75) is 6.54 Å². The van der Waals surface area contributed by atoms with E-state index in [4.69, 9.17) is 10.9 Å². The van der Waals surface area contributed by atoms with E-state index in [2.05, 4.69) is 20.7 Å². The molecule has 0 aliphatic heterocycles. The molecule has 0 bridgehead atoms. The van der Waals surface area contributed by atoms with Crippen molar-refractivity contribution < 1.29 is 10.0 Å². The third kappa shape index (κ3) is 3.29. The standard InChI is InChI=1S/C13H13N5O2/c14-12(18-20)10-3-1-2-9(6-10)7-15-13(19)11-4-5-16-17-8-11/h1-6,8,20H,7H2,(H2,14,18)(H,15,19). The number of amidine groups is 1. The van der Waals surface area contributed by atoms with Gasteiger partial charge in [-0.1, -0.05) is 23.4 Å². The molecular formula is C13H13N5O2. The molecule has 1 heterocycles. The monoisotopic (exact) mass is 271 g/mol. The maximum Gasteiger partial charge on any atom is 0.253 e. The summed E-state index contributed by atoms with van der Waals surface area (Å²) in [6.45, 7) is 0.327. The van der Waals surface area contributed by atoms with Crippen LogP contribution in [0.2, 0.25) is 0 Å². The van der Waals surface area contributed by atoms with E-state index in [1.807, 2.05) is 6.07 Å². The number of nitrogens with one attached hydrogen (secondary N) is 1. The first kappa shape index (κ1) is 13.5. The Hall–Kier alpha value is -2.96. The largest absolute Gasteiger partial charge is 0.409 e. The van der Waals surface area contributed by atoms with Crippen LogP contribution in [0, 0.1) is 0 Å². The molecule has 0 saturated carbocycles. The van der Waals surface area contributed by atoms with Crippen molar-refractivity contribution in [1.82, 2.24) is 15.5 Å². The Morgan fingerprint density at radius 1 is 1.30 bits per heavy atom. The first-order chi connectivity index (χ1) is 9.70. The van der Waals surface area contributed by atoms with Crippen molar-refractivity contribution in [3.63, 3.8) is 0 Å². The number of amides is 1. The van der Waals surface area contributed by atoms with Crippen molar-refractivity contribution in [2.24, 2.45) is 10.9 Å². The molecule has 2 rings (SSSR count). The summed E-state index contributed by atoms with van der Waals surface area (Å²) in [5, 5.41) is 21.6. The second-order valence-electron chi connectivity index (χ2n) is 4.00.